The average molecular weight is 288 g/mol. The van der Waals surface area contributed by atoms with Gasteiger partial charge in [0.05, 0.1) is 0 Å². The van der Waals surface area contributed by atoms with Gasteiger partial charge in [-0.3, -0.25) is 4.98 Å². The lowest BCUT2D eigenvalue weighted by Gasteiger charge is -2.38. The fourth-order valence-electron chi connectivity index (χ4n) is 3.68. The van der Waals surface area contributed by atoms with E-state index < -0.39 is 0 Å². The van der Waals surface area contributed by atoms with E-state index in [2.05, 4.69) is 56.3 Å². The summed E-state index contributed by atoms with van der Waals surface area (Å²) in [4.78, 5) is 4.35. The molecular weight excluding hydrogens is 256 g/mol. The average Bonchev–Trinajstić information content (AvgIpc) is 2.48. The van der Waals surface area contributed by atoms with Gasteiger partial charge in [-0.15, -0.1) is 0 Å². The first-order valence-corrected chi connectivity index (χ1v) is 8.68. The van der Waals surface area contributed by atoms with Crippen molar-refractivity contribution in [3.05, 3.63) is 30.1 Å². The molecule has 0 saturated heterocycles. The van der Waals surface area contributed by atoms with Crippen molar-refractivity contribution in [2.24, 2.45) is 23.7 Å². The lowest BCUT2D eigenvalue weighted by molar-refractivity contribution is 0.189. The Labute approximate surface area is 130 Å². The summed E-state index contributed by atoms with van der Waals surface area (Å²) in [5.74, 6) is 3.85. The molecule has 3 unspecified atom stereocenters. The molecule has 118 valence electrons. The molecule has 0 aromatic carbocycles. The van der Waals surface area contributed by atoms with Crippen molar-refractivity contribution in [1.29, 1.82) is 0 Å². The zero-order valence-corrected chi connectivity index (χ0v) is 14.2. The lowest BCUT2D eigenvalue weighted by Crippen LogP contribution is -2.34. The number of nitrogens with zero attached hydrogens (tertiary/aromatic N) is 1. The maximum atomic E-state index is 4.35. The minimum Gasteiger partial charge on any atom is -0.316 e. The van der Waals surface area contributed by atoms with Crippen molar-refractivity contribution in [2.45, 2.75) is 52.9 Å². The second-order valence-electron chi connectivity index (χ2n) is 7.52. The number of aromatic nitrogens is 1. The Hall–Kier alpha value is -0.890. The molecule has 0 amide bonds. The number of pyridine rings is 1. The van der Waals surface area contributed by atoms with E-state index in [0.29, 0.717) is 5.92 Å². The number of rotatable bonds is 6. The molecule has 0 aliphatic heterocycles. The highest BCUT2D eigenvalue weighted by Crippen LogP contribution is 2.42. The highest BCUT2D eigenvalue weighted by Gasteiger charge is 2.32. The lowest BCUT2D eigenvalue weighted by atomic mass is 9.68. The summed E-state index contributed by atoms with van der Waals surface area (Å²) in [6.07, 6.45) is 8.05. The van der Waals surface area contributed by atoms with E-state index in [0.717, 1.165) is 36.8 Å². The molecular formula is C19H32N2. The van der Waals surface area contributed by atoms with Gasteiger partial charge < -0.3 is 5.32 Å². The van der Waals surface area contributed by atoms with Crippen LogP contribution in [0.2, 0.25) is 0 Å². The second-order valence-corrected chi connectivity index (χ2v) is 7.52. The summed E-state index contributed by atoms with van der Waals surface area (Å²) in [5.41, 5.74) is 1.44. The van der Waals surface area contributed by atoms with E-state index in [1.54, 1.807) is 0 Å². The fraction of sp³-hybridized carbons (Fsp3) is 0.737. The maximum absolute atomic E-state index is 4.35. The largest absolute Gasteiger partial charge is 0.316 e. The number of hydrogen-bond donors (Lipinski definition) is 1. The second kappa shape index (κ2) is 7.93. The van der Waals surface area contributed by atoms with E-state index in [-0.39, 0.29) is 0 Å². The molecule has 21 heavy (non-hydrogen) atoms. The molecule has 0 bridgehead atoms. The molecule has 0 radical (unpaired) electrons. The predicted molar refractivity (Wildman–Crippen MR) is 90.4 cm³/mol. The number of nitrogens with one attached hydrogen (secondary N) is 1. The Kier molecular flexibility index (Phi) is 6.22. The van der Waals surface area contributed by atoms with Crippen LogP contribution in [0.15, 0.2) is 24.5 Å². The van der Waals surface area contributed by atoms with Crippen molar-refractivity contribution in [2.75, 3.05) is 13.1 Å². The Morgan fingerprint density at radius 1 is 1.24 bits per heavy atom. The quantitative estimate of drug-likeness (QED) is 0.834. The Morgan fingerprint density at radius 3 is 2.67 bits per heavy atom. The highest BCUT2D eigenvalue weighted by molar-refractivity contribution is 5.17. The molecule has 1 aliphatic rings. The van der Waals surface area contributed by atoms with E-state index >= 15 is 0 Å². The van der Waals surface area contributed by atoms with Crippen LogP contribution >= 0.6 is 0 Å². The van der Waals surface area contributed by atoms with Gasteiger partial charge in [0.2, 0.25) is 0 Å². The third-order valence-corrected chi connectivity index (χ3v) is 5.05. The topological polar surface area (TPSA) is 24.9 Å². The van der Waals surface area contributed by atoms with Crippen molar-refractivity contribution >= 4 is 0 Å². The van der Waals surface area contributed by atoms with E-state index in [1.807, 2.05) is 6.20 Å². The van der Waals surface area contributed by atoms with Gasteiger partial charge in [-0.05, 0) is 73.6 Å². The van der Waals surface area contributed by atoms with Crippen molar-refractivity contribution in [3.8, 4) is 0 Å². The van der Waals surface area contributed by atoms with Gasteiger partial charge in [0.25, 0.3) is 0 Å². The smallest absolute Gasteiger partial charge is 0.0302 e. The first-order chi connectivity index (χ1) is 10.1. The summed E-state index contributed by atoms with van der Waals surface area (Å²) in [6.45, 7) is 11.6. The molecule has 1 heterocycles. The van der Waals surface area contributed by atoms with Crippen molar-refractivity contribution in [1.82, 2.24) is 10.3 Å². The van der Waals surface area contributed by atoms with Crippen LogP contribution in [0, 0.1) is 23.7 Å². The van der Waals surface area contributed by atoms with Gasteiger partial charge >= 0.3 is 0 Å². The van der Waals surface area contributed by atoms with Crippen molar-refractivity contribution in [3.63, 3.8) is 0 Å². The van der Waals surface area contributed by atoms with E-state index in [9.17, 15) is 0 Å². The first-order valence-electron chi connectivity index (χ1n) is 8.68. The SMILES string of the molecule is CC(C)CNCC1CCC(C(C)C)CC1c1cccnc1. The molecule has 1 saturated carbocycles. The molecule has 0 spiro atoms. The Morgan fingerprint density at radius 2 is 2.05 bits per heavy atom. The molecule has 1 aromatic rings. The van der Waals surface area contributed by atoms with Crippen LogP contribution in [-0.2, 0) is 0 Å². The summed E-state index contributed by atoms with van der Waals surface area (Å²) < 4.78 is 0. The van der Waals surface area contributed by atoms with E-state index in [4.69, 9.17) is 0 Å². The standard InChI is InChI=1S/C19H32N2/c1-14(2)11-21-13-18-8-7-16(15(3)4)10-19(18)17-6-5-9-20-12-17/h5-6,9,12,14-16,18-19,21H,7-8,10-11,13H2,1-4H3. The van der Waals surface area contributed by atoms with Crippen LogP contribution in [-0.4, -0.2) is 18.1 Å². The normalized spacial score (nSPS) is 26.5. The molecule has 2 rings (SSSR count). The highest BCUT2D eigenvalue weighted by atomic mass is 14.9. The molecule has 1 fully saturated rings. The van der Waals surface area contributed by atoms with Crippen molar-refractivity contribution < 1.29 is 0 Å². The zero-order valence-electron chi connectivity index (χ0n) is 14.2. The molecule has 2 nitrogen and oxygen atoms in total. The summed E-state index contributed by atoms with van der Waals surface area (Å²) in [6, 6.07) is 4.36. The van der Waals surface area contributed by atoms with Crippen LogP contribution in [0.5, 0.6) is 0 Å². The van der Waals surface area contributed by atoms with Gasteiger partial charge in [0.1, 0.15) is 0 Å². The molecule has 1 aliphatic carbocycles. The van der Waals surface area contributed by atoms with Crippen LogP contribution in [0.3, 0.4) is 0 Å². The maximum Gasteiger partial charge on any atom is 0.0302 e. The van der Waals surface area contributed by atoms with Gasteiger partial charge in [0, 0.05) is 12.4 Å². The van der Waals surface area contributed by atoms with Crippen LogP contribution < -0.4 is 5.32 Å². The van der Waals surface area contributed by atoms with Gasteiger partial charge in [-0.1, -0.05) is 33.8 Å². The number of hydrogen-bond acceptors (Lipinski definition) is 2. The predicted octanol–water partition coefficient (Wildman–Crippen LogP) is 4.48. The minimum absolute atomic E-state index is 0.680. The zero-order chi connectivity index (χ0) is 15.2. The van der Waals surface area contributed by atoms with Crippen LogP contribution in [0.25, 0.3) is 0 Å². The monoisotopic (exact) mass is 288 g/mol. The van der Waals surface area contributed by atoms with Gasteiger partial charge in [-0.25, -0.2) is 0 Å². The molecule has 3 atom stereocenters. The van der Waals surface area contributed by atoms with Crippen LogP contribution in [0.4, 0.5) is 0 Å². The first kappa shape index (κ1) is 16.5. The minimum atomic E-state index is 0.680. The third kappa shape index (κ3) is 4.81. The molecule has 1 aromatic heterocycles. The summed E-state index contributed by atoms with van der Waals surface area (Å²) in [7, 11) is 0. The summed E-state index contributed by atoms with van der Waals surface area (Å²) >= 11 is 0. The third-order valence-electron chi connectivity index (χ3n) is 5.05. The van der Waals surface area contributed by atoms with Gasteiger partial charge in [0.15, 0.2) is 0 Å². The summed E-state index contributed by atoms with van der Waals surface area (Å²) in [5, 5.41) is 3.68. The molecule has 1 N–H and O–H groups in total. The van der Waals surface area contributed by atoms with E-state index in [1.165, 1.54) is 24.8 Å². The molecule has 2 heteroatoms. The Balaban J connectivity index is 2.03. The Bertz CT molecular complexity index is 397. The fourth-order valence-corrected chi connectivity index (χ4v) is 3.68. The van der Waals surface area contributed by atoms with Crippen LogP contribution in [0.1, 0.15) is 58.4 Å². The van der Waals surface area contributed by atoms with Gasteiger partial charge in [-0.2, -0.15) is 0 Å².